The van der Waals surface area contributed by atoms with Crippen LogP contribution < -0.4 is 0 Å². The van der Waals surface area contributed by atoms with Crippen LogP contribution in [0.3, 0.4) is 0 Å². The van der Waals surface area contributed by atoms with Gasteiger partial charge in [-0.25, -0.2) is 0 Å². The van der Waals surface area contributed by atoms with Crippen molar-refractivity contribution in [3.8, 4) is 11.1 Å². The second-order valence-electron chi connectivity index (χ2n) is 3.70. The molecule has 0 saturated carbocycles. The minimum Gasteiger partial charge on any atom is -0.0622 e. The summed E-state index contributed by atoms with van der Waals surface area (Å²) in [6.07, 6.45) is 0. The third-order valence-electron chi connectivity index (χ3n) is 2.44. The molecule has 84 valence electrons. The van der Waals surface area contributed by atoms with E-state index in [0.29, 0.717) is 5.69 Å². The summed E-state index contributed by atoms with van der Waals surface area (Å²) < 4.78 is 0.814. The van der Waals surface area contributed by atoms with Crippen LogP contribution in [-0.2, 0) is 0 Å². The lowest BCUT2D eigenvalue weighted by molar-refractivity contribution is 1.39. The van der Waals surface area contributed by atoms with E-state index in [2.05, 4.69) is 26.0 Å². The maximum atomic E-state index is 8.62. The van der Waals surface area contributed by atoms with Crippen molar-refractivity contribution in [3.63, 3.8) is 0 Å². The molecule has 0 spiro atoms. The number of azide groups is 1. The van der Waals surface area contributed by atoms with Crippen LogP contribution in [0, 0.1) is 6.92 Å². The van der Waals surface area contributed by atoms with Crippen LogP contribution in [0.1, 0.15) is 5.56 Å². The van der Waals surface area contributed by atoms with Gasteiger partial charge in [0.25, 0.3) is 0 Å². The number of halogens is 1. The molecule has 0 atom stereocenters. The summed E-state index contributed by atoms with van der Waals surface area (Å²) in [5, 5.41) is 3.76. The van der Waals surface area contributed by atoms with Crippen LogP contribution in [0.2, 0.25) is 0 Å². The summed E-state index contributed by atoms with van der Waals surface area (Å²) in [6, 6.07) is 13.8. The molecule has 2 rings (SSSR count). The van der Waals surface area contributed by atoms with Crippen LogP contribution in [0.4, 0.5) is 5.69 Å². The van der Waals surface area contributed by atoms with Gasteiger partial charge in [-0.05, 0) is 35.2 Å². The van der Waals surface area contributed by atoms with Gasteiger partial charge in [-0.2, -0.15) is 0 Å². The van der Waals surface area contributed by atoms with Gasteiger partial charge in [0.15, 0.2) is 0 Å². The first kappa shape index (κ1) is 11.7. The largest absolute Gasteiger partial charge is 0.0622 e. The standard InChI is InChI=1S/C13H10BrN3/c1-9-7-11(10-5-3-2-4-6-10)13(16-17-15)12(14)8-9/h2-8H,1H3. The highest BCUT2D eigenvalue weighted by Crippen LogP contribution is 2.37. The van der Waals surface area contributed by atoms with Crippen molar-refractivity contribution in [1.29, 1.82) is 0 Å². The third kappa shape index (κ3) is 2.49. The van der Waals surface area contributed by atoms with Gasteiger partial charge in [0.05, 0.1) is 5.69 Å². The van der Waals surface area contributed by atoms with E-state index in [1.165, 1.54) is 0 Å². The molecule has 2 aromatic carbocycles. The van der Waals surface area contributed by atoms with Crippen LogP contribution in [-0.4, -0.2) is 0 Å². The first-order valence-electron chi connectivity index (χ1n) is 5.13. The number of rotatable bonds is 2. The van der Waals surface area contributed by atoms with Gasteiger partial charge in [-0.15, -0.1) is 0 Å². The molecule has 4 heteroatoms. The molecule has 0 heterocycles. The lowest BCUT2D eigenvalue weighted by atomic mass is 10.0. The third-order valence-corrected chi connectivity index (χ3v) is 3.04. The molecule has 0 aromatic heterocycles. The molecular formula is C13H10BrN3. The Morgan fingerprint density at radius 2 is 1.88 bits per heavy atom. The Kier molecular flexibility index (Phi) is 3.47. The van der Waals surface area contributed by atoms with Gasteiger partial charge in [0.2, 0.25) is 0 Å². The molecule has 0 radical (unpaired) electrons. The second kappa shape index (κ2) is 5.04. The molecule has 0 aliphatic carbocycles. The minimum atomic E-state index is 0.629. The van der Waals surface area contributed by atoms with E-state index in [1.807, 2.05) is 49.4 Å². The average molecular weight is 288 g/mol. The SMILES string of the molecule is Cc1cc(Br)c(N=[N+]=[N-])c(-c2ccccc2)c1. The highest BCUT2D eigenvalue weighted by molar-refractivity contribution is 9.10. The summed E-state index contributed by atoms with van der Waals surface area (Å²) in [6.45, 7) is 2.01. The van der Waals surface area contributed by atoms with E-state index in [9.17, 15) is 0 Å². The Morgan fingerprint density at radius 3 is 2.53 bits per heavy atom. The zero-order chi connectivity index (χ0) is 12.3. The number of hydrogen-bond acceptors (Lipinski definition) is 1. The maximum Gasteiger partial charge on any atom is 0.0596 e. The van der Waals surface area contributed by atoms with E-state index in [0.717, 1.165) is 21.2 Å². The smallest absolute Gasteiger partial charge is 0.0596 e. The first-order valence-corrected chi connectivity index (χ1v) is 5.92. The molecular weight excluding hydrogens is 278 g/mol. The van der Waals surface area contributed by atoms with Crippen LogP contribution >= 0.6 is 15.9 Å². The van der Waals surface area contributed by atoms with Gasteiger partial charge >= 0.3 is 0 Å². The maximum absolute atomic E-state index is 8.62. The highest BCUT2D eigenvalue weighted by Gasteiger charge is 2.08. The first-order chi connectivity index (χ1) is 8.22. The van der Waals surface area contributed by atoms with E-state index >= 15 is 0 Å². The zero-order valence-electron chi connectivity index (χ0n) is 9.26. The Morgan fingerprint density at radius 1 is 1.18 bits per heavy atom. The number of aryl methyl sites for hydroxylation is 1. The summed E-state index contributed by atoms with van der Waals surface area (Å²) in [5.41, 5.74) is 12.4. The van der Waals surface area contributed by atoms with Gasteiger partial charge in [-0.3, -0.25) is 0 Å². The van der Waals surface area contributed by atoms with Crippen molar-refractivity contribution in [2.45, 2.75) is 6.92 Å². The van der Waals surface area contributed by atoms with E-state index in [-0.39, 0.29) is 0 Å². The van der Waals surface area contributed by atoms with E-state index in [1.54, 1.807) is 0 Å². The Balaban J connectivity index is 2.71. The van der Waals surface area contributed by atoms with Crippen molar-refractivity contribution in [1.82, 2.24) is 0 Å². The molecule has 2 aromatic rings. The fourth-order valence-corrected chi connectivity index (χ4v) is 2.37. The van der Waals surface area contributed by atoms with Gasteiger partial charge in [0.1, 0.15) is 0 Å². The minimum absolute atomic E-state index is 0.629. The lowest BCUT2D eigenvalue weighted by Crippen LogP contribution is -1.82. The molecule has 0 N–H and O–H groups in total. The number of hydrogen-bond donors (Lipinski definition) is 0. The molecule has 3 nitrogen and oxygen atoms in total. The summed E-state index contributed by atoms with van der Waals surface area (Å²) in [5.74, 6) is 0. The van der Waals surface area contributed by atoms with Crippen molar-refractivity contribution in [2.75, 3.05) is 0 Å². The lowest BCUT2D eigenvalue weighted by Gasteiger charge is -2.09. The van der Waals surface area contributed by atoms with Gasteiger partial charge in [-0.1, -0.05) is 57.4 Å². The van der Waals surface area contributed by atoms with Crippen LogP contribution in [0.25, 0.3) is 21.6 Å². The molecule has 0 aliphatic rings. The van der Waals surface area contributed by atoms with E-state index < -0.39 is 0 Å². The monoisotopic (exact) mass is 287 g/mol. The molecule has 17 heavy (non-hydrogen) atoms. The van der Waals surface area contributed by atoms with Crippen LogP contribution in [0.5, 0.6) is 0 Å². The van der Waals surface area contributed by atoms with Crippen LogP contribution in [0.15, 0.2) is 52.1 Å². The van der Waals surface area contributed by atoms with Crippen molar-refractivity contribution in [3.05, 3.63) is 62.9 Å². The average Bonchev–Trinajstić information content (AvgIpc) is 2.33. The highest BCUT2D eigenvalue weighted by atomic mass is 79.9. The summed E-state index contributed by atoms with van der Waals surface area (Å²) >= 11 is 3.43. The molecule has 0 unspecified atom stereocenters. The Labute approximate surface area is 108 Å². The Bertz CT molecular complexity index is 587. The molecule has 0 saturated heterocycles. The fraction of sp³-hybridized carbons (Fsp3) is 0.0769. The fourth-order valence-electron chi connectivity index (χ4n) is 1.72. The quantitative estimate of drug-likeness (QED) is 0.405. The van der Waals surface area contributed by atoms with Gasteiger partial charge < -0.3 is 0 Å². The normalized spacial score (nSPS) is 9.76. The Hall–Kier alpha value is -1.77. The molecule has 0 bridgehead atoms. The number of nitrogens with zero attached hydrogens (tertiary/aromatic N) is 3. The predicted molar refractivity (Wildman–Crippen MR) is 73.1 cm³/mol. The van der Waals surface area contributed by atoms with E-state index in [4.69, 9.17) is 5.53 Å². The summed E-state index contributed by atoms with van der Waals surface area (Å²) in [7, 11) is 0. The van der Waals surface area contributed by atoms with Gasteiger partial charge in [0, 0.05) is 9.38 Å². The van der Waals surface area contributed by atoms with Crippen molar-refractivity contribution < 1.29 is 0 Å². The second-order valence-corrected chi connectivity index (χ2v) is 4.55. The topological polar surface area (TPSA) is 48.8 Å². The summed E-state index contributed by atoms with van der Waals surface area (Å²) in [4.78, 5) is 2.88. The van der Waals surface area contributed by atoms with Crippen molar-refractivity contribution >= 4 is 21.6 Å². The molecule has 0 aliphatic heterocycles. The predicted octanol–water partition coefficient (Wildman–Crippen LogP) is 5.37. The zero-order valence-corrected chi connectivity index (χ0v) is 10.8. The number of benzene rings is 2. The molecule has 0 fully saturated rings. The van der Waals surface area contributed by atoms with Crippen molar-refractivity contribution in [2.24, 2.45) is 5.11 Å². The molecule has 0 amide bonds.